The van der Waals surface area contributed by atoms with E-state index < -0.39 is 0 Å². The summed E-state index contributed by atoms with van der Waals surface area (Å²) in [6, 6.07) is 6.06. The van der Waals surface area contributed by atoms with Crippen molar-refractivity contribution in [2.24, 2.45) is 0 Å². The molecule has 2 aromatic heterocycles. The molecule has 0 saturated heterocycles. The van der Waals surface area contributed by atoms with Crippen LogP contribution >= 0.6 is 0 Å². The van der Waals surface area contributed by atoms with Crippen LogP contribution < -0.4 is 5.32 Å². The molecular weight excluding hydrogens is 228 g/mol. The van der Waals surface area contributed by atoms with Crippen LogP contribution in [-0.2, 0) is 6.54 Å². The van der Waals surface area contributed by atoms with Crippen molar-refractivity contribution in [3.05, 3.63) is 41.4 Å². The van der Waals surface area contributed by atoms with Gasteiger partial charge in [-0.1, -0.05) is 17.3 Å². The lowest BCUT2D eigenvalue weighted by atomic mass is 10.2. The molecule has 0 unspecified atom stereocenters. The fourth-order valence-corrected chi connectivity index (χ4v) is 2.05. The maximum absolute atomic E-state index is 5.15. The monoisotopic (exact) mass is 242 g/mol. The first-order valence-corrected chi connectivity index (χ1v) is 5.83. The number of anilines is 1. The summed E-state index contributed by atoms with van der Waals surface area (Å²) in [5.74, 6) is 0.858. The quantitative estimate of drug-likeness (QED) is 0.741. The molecule has 5 heteroatoms. The zero-order valence-corrected chi connectivity index (χ0v) is 10.3. The van der Waals surface area contributed by atoms with Gasteiger partial charge >= 0.3 is 0 Å². The zero-order valence-electron chi connectivity index (χ0n) is 10.3. The molecule has 1 aromatic carbocycles. The molecule has 0 saturated carbocycles. The van der Waals surface area contributed by atoms with Gasteiger partial charge in [0.2, 0.25) is 0 Å². The van der Waals surface area contributed by atoms with E-state index in [4.69, 9.17) is 4.52 Å². The number of para-hydroxylation sites is 1. The number of nitrogens with zero attached hydrogens (tertiary/aromatic N) is 2. The van der Waals surface area contributed by atoms with Crippen LogP contribution in [0.15, 0.2) is 28.9 Å². The average molecular weight is 242 g/mol. The smallest absolute Gasteiger partial charge is 0.138 e. The highest BCUT2D eigenvalue weighted by atomic mass is 16.5. The van der Waals surface area contributed by atoms with Crippen molar-refractivity contribution in [3.8, 4) is 0 Å². The van der Waals surface area contributed by atoms with Crippen LogP contribution in [0.25, 0.3) is 10.9 Å². The molecule has 18 heavy (non-hydrogen) atoms. The number of hydrogen-bond acceptors (Lipinski definition) is 4. The van der Waals surface area contributed by atoms with E-state index in [9.17, 15) is 0 Å². The lowest BCUT2D eigenvalue weighted by molar-refractivity contribution is 0.392. The molecular formula is C13H14N4O. The summed E-state index contributed by atoms with van der Waals surface area (Å²) in [6.45, 7) is 4.57. The second-order valence-corrected chi connectivity index (χ2v) is 4.30. The van der Waals surface area contributed by atoms with Crippen LogP contribution in [0, 0.1) is 13.8 Å². The maximum Gasteiger partial charge on any atom is 0.138 e. The van der Waals surface area contributed by atoms with Gasteiger partial charge in [0.25, 0.3) is 0 Å². The minimum atomic E-state index is 0.694. The molecule has 92 valence electrons. The molecule has 0 atom stereocenters. The van der Waals surface area contributed by atoms with Gasteiger partial charge in [0.1, 0.15) is 5.76 Å². The number of benzene rings is 1. The molecule has 3 aromatic rings. The topological polar surface area (TPSA) is 66.7 Å². The van der Waals surface area contributed by atoms with Crippen molar-refractivity contribution in [1.82, 2.24) is 15.4 Å². The molecule has 0 aliphatic carbocycles. The molecule has 0 bridgehead atoms. The molecule has 0 spiro atoms. The lowest BCUT2D eigenvalue weighted by Gasteiger charge is -2.06. The maximum atomic E-state index is 5.15. The Morgan fingerprint density at radius 1 is 1.33 bits per heavy atom. The molecule has 0 aliphatic heterocycles. The highest BCUT2D eigenvalue weighted by molar-refractivity contribution is 5.89. The number of nitrogens with one attached hydrogen (secondary N) is 2. The number of hydrogen-bond donors (Lipinski definition) is 2. The summed E-state index contributed by atoms with van der Waals surface area (Å²) in [7, 11) is 0. The highest BCUT2D eigenvalue weighted by Gasteiger charge is 2.09. The number of aromatic nitrogens is 3. The Hall–Kier alpha value is -2.30. The Kier molecular flexibility index (Phi) is 2.51. The second-order valence-electron chi connectivity index (χ2n) is 4.30. The largest absolute Gasteiger partial charge is 0.379 e. The Balaban J connectivity index is 1.87. The van der Waals surface area contributed by atoms with E-state index in [2.05, 4.69) is 20.7 Å². The van der Waals surface area contributed by atoms with Crippen molar-refractivity contribution in [2.45, 2.75) is 20.4 Å². The van der Waals surface area contributed by atoms with Crippen LogP contribution in [-0.4, -0.2) is 15.4 Å². The third-order valence-corrected chi connectivity index (χ3v) is 3.11. The van der Waals surface area contributed by atoms with Gasteiger partial charge in [0.15, 0.2) is 0 Å². The molecule has 0 aliphatic rings. The summed E-state index contributed by atoms with van der Waals surface area (Å²) in [6.07, 6.45) is 1.82. The molecule has 0 radical (unpaired) electrons. The first kappa shape index (κ1) is 10.8. The summed E-state index contributed by atoms with van der Waals surface area (Å²) in [4.78, 5) is 0. The Morgan fingerprint density at radius 2 is 2.22 bits per heavy atom. The first-order chi connectivity index (χ1) is 8.75. The van der Waals surface area contributed by atoms with E-state index >= 15 is 0 Å². The number of rotatable bonds is 3. The Morgan fingerprint density at radius 3 is 3.00 bits per heavy atom. The van der Waals surface area contributed by atoms with E-state index in [-0.39, 0.29) is 0 Å². The van der Waals surface area contributed by atoms with Crippen LogP contribution in [0.3, 0.4) is 0 Å². The van der Waals surface area contributed by atoms with Gasteiger partial charge in [0.05, 0.1) is 23.1 Å². The summed E-state index contributed by atoms with van der Waals surface area (Å²) in [5.41, 5.74) is 4.08. The fraction of sp³-hybridized carbons (Fsp3) is 0.231. The predicted octanol–water partition coefficient (Wildman–Crippen LogP) is 2.78. The Labute approximate surface area is 104 Å². The van der Waals surface area contributed by atoms with Gasteiger partial charge in [-0.2, -0.15) is 5.10 Å². The summed E-state index contributed by atoms with van der Waals surface area (Å²) < 4.78 is 5.15. The second kappa shape index (κ2) is 4.18. The number of aromatic amines is 1. The third kappa shape index (κ3) is 1.73. The van der Waals surface area contributed by atoms with Crippen molar-refractivity contribution in [1.29, 1.82) is 0 Å². The van der Waals surface area contributed by atoms with Crippen LogP contribution in [0.4, 0.5) is 5.69 Å². The van der Waals surface area contributed by atoms with Gasteiger partial charge < -0.3 is 9.84 Å². The average Bonchev–Trinajstić information content (AvgIpc) is 2.95. The van der Waals surface area contributed by atoms with E-state index in [0.717, 1.165) is 33.6 Å². The van der Waals surface area contributed by atoms with E-state index in [1.54, 1.807) is 0 Å². The Bertz CT molecular complexity index is 664. The molecule has 2 N–H and O–H groups in total. The fourth-order valence-electron chi connectivity index (χ4n) is 2.05. The molecule has 0 amide bonds. The number of fused-ring (bicyclic) bond motifs is 1. The van der Waals surface area contributed by atoms with Crippen molar-refractivity contribution >= 4 is 16.6 Å². The van der Waals surface area contributed by atoms with Gasteiger partial charge in [-0.25, -0.2) is 0 Å². The molecule has 5 nitrogen and oxygen atoms in total. The SMILES string of the molecule is Cc1noc(C)c1CNc1cccc2cn[nH]c12. The molecule has 2 heterocycles. The van der Waals surface area contributed by atoms with E-state index in [1.807, 2.05) is 38.2 Å². The van der Waals surface area contributed by atoms with Gasteiger partial charge in [-0.15, -0.1) is 0 Å². The summed E-state index contributed by atoms with van der Waals surface area (Å²) in [5, 5.41) is 15.5. The highest BCUT2D eigenvalue weighted by Crippen LogP contribution is 2.22. The van der Waals surface area contributed by atoms with Crippen LogP contribution in [0.2, 0.25) is 0 Å². The minimum absolute atomic E-state index is 0.694. The normalized spacial score (nSPS) is 11.0. The standard InChI is InChI=1S/C13H14N4O/c1-8-11(9(2)18-17-8)7-14-12-5-3-4-10-6-15-16-13(10)12/h3-6,14H,7H2,1-2H3,(H,15,16). The summed E-state index contributed by atoms with van der Waals surface area (Å²) >= 11 is 0. The number of aryl methyl sites for hydroxylation is 2. The predicted molar refractivity (Wildman–Crippen MR) is 69.4 cm³/mol. The molecule has 0 fully saturated rings. The van der Waals surface area contributed by atoms with E-state index in [1.165, 1.54) is 0 Å². The van der Waals surface area contributed by atoms with Crippen molar-refractivity contribution < 1.29 is 4.52 Å². The van der Waals surface area contributed by atoms with Crippen molar-refractivity contribution in [3.63, 3.8) is 0 Å². The van der Waals surface area contributed by atoms with Gasteiger partial charge in [-0.3, -0.25) is 5.10 Å². The lowest BCUT2D eigenvalue weighted by Crippen LogP contribution is -2.01. The van der Waals surface area contributed by atoms with Crippen molar-refractivity contribution in [2.75, 3.05) is 5.32 Å². The van der Waals surface area contributed by atoms with Gasteiger partial charge in [0, 0.05) is 17.5 Å². The third-order valence-electron chi connectivity index (χ3n) is 3.11. The molecule has 3 rings (SSSR count). The van der Waals surface area contributed by atoms with Crippen LogP contribution in [0.5, 0.6) is 0 Å². The minimum Gasteiger partial charge on any atom is -0.379 e. The van der Waals surface area contributed by atoms with E-state index in [0.29, 0.717) is 6.54 Å². The van der Waals surface area contributed by atoms with Crippen LogP contribution in [0.1, 0.15) is 17.0 Å². The van der Waals surface area contributed by atoms with Gasteiger partial charge in [-0.05, 0) is 19.9 Å². The zero-order chi connectivity index (χ0) is 12.5. The number of H-pyrrole nitrogens is 1. The first-order valence-electron chi connectivity index (χ1n) is 5.83.